The van der Waals surface area contributed by atoms with Gasteiger partial charge in [0.2, 0.25) is 0 Å². The first-order chi connectivity index (χ1) is 12.2. The lowest BCUT2D eigenvalue weighted by Gasteiger charge is -2.21. The highest BCUT2D eigenvalue weighted by molar-refractivity contribution is 5.79. The van der Waals surface area contributed by atoms with Crippen LogP contribution < -0.4 is 0 Å². The minimum Gasteiger partial charge on any atom is -0.448 e. The average molecular weight is 337 g/mol. The van der Waals surface area contributed by atoms with Crippen LogP contribution in [0.4, 0.5) is 4.79 Å². The fraction of sp³-hybridized carbons (Fsp3) is 0.381. The summed E-state index contributed by atoms with van der Waals surface area (Å²) in [5.41, 5.74) is 4.92. The number of rotatable bonds is 2. The van der Waals surface area contributed by atoms with Crippen LogP contribution in [0.3, 0.4) is 0 Å². The van der Waals surface area contributed by atoms with Crippen LogP contribution >= 0.6 is 0 Å². The van der Waals surface area contributed by atoms with E-state index in [0.29, 0.717) is 26.1 Å². The number of carbonyl (C=O) groups is 1. The van der Waals surface area contributed by atoms with Crippen LogP contribution in [-0.4, -0.2) is 41.9 Å². The van der Waals surface area contributed by atoms with Crippen LogP contribution in [0.15, 0.2) is 48.5 Å². The molecule has 1 N–H and O–H groups in total. The summed E-state index contributed by atoms with van der Waals surface area (Å²) < 4.78 is 5.68. The van der Waals surface area contributed by atoms with Gasteiger partial charge >= 0.3 is 6.09 Å². The Kier molecular flexibility index (Phi) is 4.45. The maximum absolute atomic E-state index is 12.5. The van der Waals surface area contributed by atoms with Gasteiger partial charge in [0.15, 0.2) is 0 Å². The van der Waals surface area contributed by atoms with E-state index in [1.54, 1.807) is 4.90 Å². The van der Waals surface area contributed by atoms with Crippen molar-refractivity contribution in [2.75, 3.05) is 19.7 Å². The molecule has 0 aromatic heterocycles. The van der Waals surface area contributed by atoms with Gasteiger partial charge < -0.3 is 14.7 Å². The van der Waals surface area contributed by atoms with Crippen molar-refractivity contribution in [3.63, 3.8) is 0 Å². The van der Waals surface area contributed by atoms with E-state index in [9.17, 15) is 9.90 Å². The molecule has 1 aliphatic heterocycles. The van der Waals surface area contributed by atoms with Gasteiger partial charge in [0.05, 0.1) is 6.10 Å². The van der Waals surface area contributed by atoms with Crippen LogP contribution in [0.2, 0.25) is 0 Å². The van der Waals surface area contributed by atoms with Crippen molar-refractivity contribution in [3.05, 3.63) is 59.7 Å². The second-order valence-electron chi connectivity index (χ2n) is 6.88. The molecule has 1 amide bonds. The summed E-state index contributed by atoms with van der Waals surface area (Å²) in [6.07, 6.45) is 1.64. The molecule has 2 aromatic carbocycles. The van der Waals surface area contributed by atoms with Gasteiger partial charge in [-0.25, -0.2) is 4.79 Å². The first-order valence-corrected chi connectivity index (χ1v) is 9.02. The van der Waals surface area contributed by atoms with Crippen molar-refractivity contribution in [2.24, 2.45) is 0 Å². The number of hydrogen-bond acceptors (Lipinski definition) is 3. The fourth-order valence-electron chi connectivity index (χ4n) is 3.95. The lowest BCUT2D eigenvalue weighted by Crippen LogP contribution is -2.33. The Bertz CT molecular complexity index is 728. The molecule has 130 valence electrons. The van der Waals surface area contributed by atoms with Crippen molar-refractivity contribution in [1.82, 2.24) is 4.90 Å². The molecule has 1 atom stereocenters. The Morgan fingerprint density at radius 2 is 1.64 bits per heavy atom. The number of nitrogens with zero attached hydrogens (tertiary/aromatic N) is 1. The van der Waals surface area contributed by atoms with Crippen molar-refractivity contribution >= 4 is 6.09 Å². The van der Waals surface area contributed by atoms with Crippen molar-refractivity contribution < 1.29 is 14.6 Å². The Balaban J connectivity index is 1.48. The molecule has 1 aliphatic carbocycles. The Hall–Kier alpha value is -2.33. The number of aliphatic hydroxyl groups excluding tert-OH is 1. The van der Waals surface area contributed by atoms with Crippen LogP contribution in [0, 0.1) is 0 Å². The minimum absolute atomic E-state index is 0.0916. The lowest BCUT2D eigenvalue weighted by molar-refractivity contribution is 0.0983. The Labute approximate surface area is 148 Å². The van der Waals surface area contributed by atoms with E-state index in [1.165, 1.54) is 22.3 Å². The molecule has 1 saturated heterocycles. The number of aliphatic hydroxyl groups is 1. The highest BCUT2D eigenvalue weighted by atomic mass is 16.6. The molecule has 0 saturated carbocycles. The Morgan fingerprint density at radius 3 is 2.32 bits per heavy atom. The first kappa shape index (κ1) is 16.2. The highest BCUT2D eigenvalue weighted by Gasteiger charge is 2.30. The Morgan fingerprint density at radius 1 is 1.00 bits per heavy atom. The monoisotopic (exact) mass is 337 g/mol. The van der Waals surface area contributed by atoms with E-state index < -0.39 is 0 Å². The average Bonchev–Trinajstić information content (AvgIpc) is 2.79. The van der Waals surface area contributed by atoms with Gasteiger partial charge in [0, 0.05) is 19.0 Å². The fourth-order valence-corrected chi connectivity index (χ4v) is 3.95. The molecular weight excluding hydrogens is 314 g/mol. The molecule has 4 nitrogen and oxygen atoms in total. The minimum atomic E-state index is -0.300. The second kappa shape index (κ2) is 6.89. The summed E-state index contributed by atoms with van der Waals surface area (Å²) in [5.74, 6) is 0.0916. The van der Waals surface area contributed by atoms with E-state index in [1.807, 2.05) is 24.3 Å². The molecule has 1 fully saturated rings. The predicted molar refractivity (Wildman–Crippen MR) is 96.5 cm³/mol. The van der Waals surface area contributed by atoms with Crippen LogP contribution in [0.1, 0.15) is 36.3 Å². The molecule has 4 rings (SSSR count). The van der Waals surface area contributed by atoms with E-state index in [2.05, 4.69) is 24.3 Å². The van der Waals surface area contributed by atoms with E-state index in [4.69, 9.17) is 4.74 Å². The summed E-state index contributed by atoms with van der Waals surface area (Å²) in [7, 11) is 0. The van der Waals surface area contributed by atoms with Crippen molar-refractivity contribution in [1.29, 1.82) is 0 Å². The van der Waals surface area contributed by atoms with Crippen LogP contribution in [-0.2, 0) is 4.74 Å². The highest BCUT2D eigenvalue weighted by Crippen LogP contribution is 2.44. The third-order valence-corrected chi connectivity index (χ3v) is 5.29. The maximum Gasteiger partial charge on any atom is 0.409 e. The van der Waals surface area contributed by atoms with Gasteiger partial charge in [-0.3, -0.25) is 0 Å². The van der Waals surface area contributed by atoms with Crippen LogP contribution in [0.5, 0.6) is 0 Å². The van der Waals surface area contributed by atoms with E-state index >= 15 is 0 Å². The zero-order chi connectivity index (χ0) is 17.2. The number of benzene rings is 2. The number of amides is 1. The van der Waals surface area contributed by atoms with Gasteiger partial charge in [0.1, 0.15) is 6.61 Å². The summed E-state index contributed by atoms with van der Waals surface area (Å²) in [6.45, 7) is 1.58. The third-order valence-electron chi connectivity index (χ3n) is 5.29. The van der Waals surface area contributed by atoms with Gasteiger partial charge in [-0.2, -0.15) is 0 Å². The van der Waals surface area contributed by atoms with Crippen LogP contribution in [0.25, 0.3) is 11.1 Å². The number of likely N-dealkylation sites (tertiary alicyclic amines) is 1. The van der Waals surface area contributed by atoms with E-state index in [-0.39, 0.29) is 18.1 Å². The van der Waals surface area contributed by atoms with Gasteiger partial charge in [0.25, 0.3) is 0 Å². The quantitative estimate of drug-likeness (QED) is 0.907. The van der Waals surface area contributed by atoms with Gasteiger partial charge in [-0.1, -0.05) is 48.5 Å². The molecule has 1 unspecified atom stereocenters. The predicted octanol–water partition coefficient (Wildman–Crippen LogP) is 3.78. The molecule has 2 aliphatic rings. The summed E-state index contributed by atoms with van der Waals surface area (Å²) >= 11 is 0. The van der Waals surface area contributed by atoms with Gasteiger partial charge in [-0.15, -0.1) is 0 Å². The van der Waals surface area contributed by atoms with Gasteiger partial charge in [-0.05, 0) is 41.5 Å². The zero-order valence-electron chi connectivity index (χ0n) is 14.2. The lowest BCUT2D eigenvalue weighted by atomic mass is 9.98. The molecule has 2 aromatic rings. The molecule has 4 heteroatoms. The topological polar surface area (TPSA) is 49.8 Å². The van der Waals surface area contributed by atoms with Crippen molar-refractivity contribution in [2.45, 2.75) is 31.3 Å². The normalized spacial score (nSPS) is 19.9. The standard InChI is InChI=1S/C21H23NO3/c23-15-6-5-12-22(13-11-15)21(24)25-14-20-18-9-3-1-7-16(18)17-8-2-4-10-19(17)20/h1-4,7-10,15,20,23H,5-6,11-14H2. The largest absolute Gasteiger partial charge is 0.448 e. The number of ether oxygens (including phenoxy) is 1. The maximum atomic E-state index is 12.5. The molecular formula is C21H23NO3. The zero-order valence-corrected chi connectivity index (χ0v) is 14.2. The number of fused-ring (bicyclic) bond motifs is 3. The van der Waals surface area contributed by atoms with Crippen molar-refractivity contribution in [3.8, 4) is 11.1 Å². The molecule has 0 bridgehead atoms. The molecule has 25 heavy (non-hydrogen) atoms. The molecule has 0 radical (unpaired) electrons. The third kappa shape index (κ3) is 3.14. The smallest absolute Gasteiger partial charge is 0.409 e. The molecule has 1 heterocycles. The van der Waals surface area contributed by atoms with E-state index in [0.717, 1.165) is 12.8 Å². The first-order valence-electron chi connectivity index (χ1n) is 9.02. The SMILES string of the molecule is O=C(OCC1c2ccccc2-c2ccccc21)N1CCCC(O)CC1. The molecule has 0 spiro atoms. The summed E-state index contributed by atoms with van der Waals surface area (Å²) in [6, 6.07) is 16.7. The number of hydrogen-bond donors (Lipinski definition) is 1. The summed E-state index contributed by atoms with van der Waals surface area (Å²) in [4.78, 5) is 14.2. The number of carbonyl (C=O) groups excluding carboxylic acids is 1. The second-order valence-corrected chi connectivity index (χ2v) is 6.88. The summed E-state index contributed by atoms with van der Waals surface area (Å²) in [5, 5.41) is 9.73.